The van der Waals surface area contributed by atoms with Crippen molar-refractivity contribution in [2.24, 2.45) is 0 Å². The van der Waals surface area contributed by atoms with Gasteiger partial charge in [0.1, 0.15) is 5.60 Å². The number of nitrogens with zero attached hydrogens (tertiary/aromatic N) is 4. The number of aryl methyl sites for hydroxylation is 1. The summed E-state index contributed by atoms with van der Waals surface area (Å²) in [5, 5.41) is 10.1. The van der Waals surface area contributed by atoms with E-state index in [1.807, 2.05) is 27.0 Å². The number of anilines is 3. The van der Waals surface area contributed by atoms with Gasteiger partial charge in [-0.3, -0.25) is 4.68 Å². The molecule has 0 aliphatic rings. The lowest BCUT2D eigenvalue weighted by molar-refractivity contribution is 0.0526. The van der Waals surface area contributed by atoms with Crippen molar-refractivity contribution in [2.45, 2.75) is 39.3 Å². The molecule has 0 aliphatic carbocycles. The summed E-state index contributed by atoms with van der Waals surface area (Å²) in [6.07, 6.45) is 5.18. The first-order valence-electron chi connectivity index (χ1n) is 7.77. The van der Waals surface area contributed by atoms with Crippen molar-refractivity contribution in [1.82, 2.24) is 25.1 Å². The summed E-state index contributed by atoms with van der Waals surface area (Å²) in [5.41, 5.74) is 6.40. The van der Waals surface area contributed by atoms with Crippen molar-refractivity contribution >= 4 is 34.9 Å². The number of amides is 1. The van der Waals surface area contributed by atoms with Gasteiger partial charge in [-0.2, -0.15) is 10.1 Å². The number of ether oxygens (including phenoxy) is 1. The van der Waals surface area contributed by atoms with Crippen LogP contribution < -0.4 is 16.4 Å². The maximum absolute atomic E-state index is 11.5. The summed E-state index contributed by atoms with van der Waals surface area (Å²) in [4.78, 5) is 19.4. The number of alkyl carbamates (subject to hydrolysis) is 1. The highest BCUT2D eigenvalue weighted by Crippen LogP contribution is 2.20. The third-order valence-corrected chi connectivity index (χ3v) is 3.10. The van der Waals surface area contributed by atoms with Crippen LogP contribution in [0.4, 0.5) is 22.0 Å². The molecule has 2 rings (SSSR count). The monoisotopic (exact) mass is 367 g/mol. The number of carbonyl (C=O) groups excluding carboxylic acids is 1. The largest absolute Gasteiger partial charge is 0.444 e. The Balaban J connectivity index is 1.78. The highest BCUT2D eigenvalue weighted by Gasteiger charge is 2.15. The molecule has 0 aromatic carbocycles. The number of nitrogen functional groups attached to an aromatic ring is 1. The van der Waals surface area contributed by atoms with E-state index in [1.54, 1.807) is 10.9 Å². The van der Waals surface area contributed by atoms with Crippen LogP contribution in [0.15, 0.2) is 18.6 Å². The lowest BCUT2D eigenvalue weighted by Gasteiger charge is -2.19. The van der Waals surface area contributed by atoms with Crippen molar-refractivity contribution in [3.8, 4) is 0 Å². The molecule has 0 atom stereocenters. The smallest absolute Gasteiger partial charge is 0.407 e. The molecule has 0 aliphatic heterocycles. The molecule has 0 fully saturated rings. The van der Waals surface area contributed by atoms with Crippen LogP contribution in [0.2, 0.25) is 5.28 Å². The van der Waals surface area contributed by atoms with Gasteiger partial charge in [-0.25, -0.2) is 9.78 Å². The van der Waals surface area contributed by atoms with Crippen LogP contribution in [-0.2, 0) is 11.3 Å². The molecule has 25 heavy (non-hydrogen) atoms. The molecule has 2 aromatic heterocycles. The average Bonchev–Trinajstić information content (AvgIpc) is 2.93. The van der Waals surface area contributed by atoms with Crippen molar-refractivity contribution in [2.75, 3.05) is 17.6 Å². The van der Waals surface area contributed by atoms with Gasteiger partial charge >= 0.3 is 6.09 Å². The van der Waals surface area contributed by atoms with Gasteiger partial charge in [0.15, 0.2) is 5.82 Å². The molecule has 0 spiro atoms. The fourth-order valence-corrected chi connectivity index (χ4v) is 2.04. The zero-order valence-electron chi connectivity index (χ0n) is 14.4. The number of aromatic nitrogens is 4. The van der Waals surface area contributed by atoms with E-state index in [9.17, 15) is 4.79 Å². The Labute approximate surface area is 150 Å². The Morgan fingerprint density at radius 2 is 2.16 bits per heavy atom. The van der Waals surface area contributed by atoms with Crippen LogP contribution in [0.1, 0.15) is 27.2 Å². The van der Waals surface area contributed by atoms with Crippen LogP contribution >= 0.6 is 11.6 Å². The number of rotatable bonds is 6. The Kier molecular flexibility index (Phi) is 6.02. The predicted molar refractivity (Wildman–Crippen MR) is 95.8 cm³/mol. The van der Waals surface area contributed by atoms with Crippen molar-refractivity contribution < 1.29 is 9.53 Å². The normalized spacial score (nSPS) is 11.2. The fourth-order valence-electron chi connectivity index (χ4n) is 1.90. The second-order valence-electron chi connectivity index (χ2n) is 6.34. The van der Waals surface area contributed by atoms with E-state index in [-0.39, 0.29) is 5.28 Å². The number of halogens is 1. The van der Waals surface area contributed by atoms with Gasteiger partial charge in [-0.1, -0.05) is 0 Å². The summed E-state index contributed by atoms with van der Waals surface area (Å²) in [5.74, 6) is 0.422. The first kappa shape index (κ1) is 18.8. The Morgan fingerprint density at radius 1 is 1.40 bits per heavy atom. The lowest BCUT2D eigenvalue weighted by atomic mass is 10.2. The number of nitrogens with one attached hydrogen (secondary N) is 2. The molecular weight excluding hydrogens is 346 g/mol. The van der Waals surface area contributed by atoms with Gasteiger partial charge in [0.2, 0.25) is 5.28 Å². The maximum atomic E-state index is 11.5. The molecule has 2 aromatic rings. The zero-order valence-corrected chi connectivity index (χ0v) is 15.2. The zero-order chi connectivity index (χ0) is 18.4. The molecule has 0 bridgehead atoms. The second-order valence-corrected chi connectivity index (χ2v) is 6.68. The molecule has 1 amide bonds. The molecule has 0 unspecified atom stereocenters. The number of hydrogen-bond donors (Lipinski definition) is 3. The Hall–Kier alpha value is -2.55. The molecule has 10 heteroatoms. The second kappa shape index (κ2) is 8.02. The highest BCUT2D eigenvalue weighted by molar-refractivity contribution is 6.28. The molecule has 9 nitrogen and oxygen atoms in total. The lowest BCUT2D eigenvalue weighted by Crippen LogP contribution is -2.33. The van der Waals surface area contributed by atoms with Gasteiger partial charge in [-0.15, -0.1) is 0 Å². The Morgan fingerprint density at radius 3 is 2.88 bits per heavy atom. The van der Waals surface area contributed by atoms with E-state index in [4.69, 9.17) is 22.1 Å². The van der Waals surface area contributed by atoms with Crippen LogP contribution in [0.25, 0.3) is 0 Å². The van der Waals surface area contributed by atoms with E-state index in [0.29, 0.717) is 31.0 Å². The molecule has 2 heterocycles. The van der Waals surface area contributed by atoms with Crippen molar-refractivity contribution in [1.29, 1.82) is 0 Å². The molecule has 0 saturated carbocycles. The summed E-state index contributed by atoms with van der Waals surface area (Å²) in [7, 11) is 0. The first-order valence-corrected chi connectivity index (χ1v) is 8.15. The predicted octanol–water partition coefficient (Wildman–Crippen LogP) is 2.57. The van der Waals surface area contributed by atoms with E-state index in [2.05, 4.69) is 25.7 Å². The van der Waals surface area contributed by atoms with Crippen LogP contribution in [-0.4, -0.2) is 38.0 Å². The van der Waals surface area contributed by atoms with Gasteiger partial charge in [-0.05, 0) is 38.8 Å². The van der Waals surface area contributed by atoms with Crippen LogP contribution in [0.5, 0.6) is 0 Å². The molecule has 0 radical (unpaired) electrons. The standard InChI is InChI=1S/C15H22ClN7O2/c1-15(2,3)25-14(24)18-5-4-6-23-9-10(7-20-23)21-12-11(17)8-19-13(16)22-12/h7-9H,4-6,17H2,1-3H3,(H,18,24)(H,19,21,22). The first-order chi connectivity index (χ1) is 11.7. The Bertz CT molecular complexity index is 727. The van der Waals surface area contributed by atoms with E-state index in [1.165, 1.54) is 6.20 Å². The molecular formula is C15H22ClN7O2. The quantitative estimate of drug-likeness (QED) is 0.530. The number of hydrogen-bond acceptors (Lipinski definition) is 7. The molecule has 0 saturated heterocycles. The van der Waals surface area contributed by atoms with Gasteiger partial charge < -0.3 is 21.1 Å². The topological polar surface area (TPSA) is 120 Å². The number of nitrogens with two attached hydrogens (primary N) is 1. The van der Waals surface area contributed by atoms with Gasteiger partial charge in [0.25, 0.3) is 0 Å². The van der Waals surface area contributed by atoms with E-state index in [0.717, 1.165) is 5.69 Å². The number of carbonyl (C=O) groups is 1. The third kappa shape index (κ3) is 6.46. The fraction of sp³-hybridized carbons (Fsp3) is 0.467. The van der Waals surface area contributed by atoms with Crippen LogP contribution in [0, 0.1) is 0 Å². The van der Waals surface area contributed by atoms with E-state index >= 15 is 0 Å². The minimum atomic E-state index is -0.502. The van der Waals surface area contributed by atoms with Gasteiger partial charge in [0, 0.05) is 19.3 Å². The van der Waals surface area contributed by atoms with E-state index < -0.39 is 11.7 Å². The van der Waals surface area contributed by atoms with Crippen molar-refractivity contribution in [3.05, 3.63) is 23.9 Å². The van der Waals surface area contributed by atoms with Crippen molar-refractivity contribution in [3.63, 3.8) is 0 Å². The summed E-state index contributed by atoms with van der Waals surface area (Å²) < 4.78 is 6.91. The minimum Gasteiger partial charge on any atom is -0.444 e. The highest BCUT2D eigenvalue weighted by atomic mass is 35.5. The summed E-state index contributed by atoms with van der Waals surface area (Å²) in [6.45, 7) is 6.59. The third-order valence-electron chi connectivity index (χ3n) is 2.92. The summed E-state index contributed by atoms with van der Waals surface area (Å²) in [6, 6.07) is 0. The minimum absolute atomic E-state index is 0.109. The SMILES string of the molecule is CC(C)(C)OC(=O)NCCCn1cc(Nc2nc(Cl)ncc2N)cn1. The molecule has 4 N–H and O–H groups in total. The van der Waals surface area contributed by atoms with Crippen LogP contribution in [0.3, 0.4) is 0 Å². The average molecular weight is 368 g/mol. The van der Waals surface area contributed by atoms with Gasteiger partial charge in [0.05, 0.1) is 23.8 Å². The maximum Gasteiger partial charge on any atom is 0.407 e. The summed E-state index contributed by atoms with van der Waals surface area (Å²) >= 11 is 5.75. The molecule has 136 valence electrons.